The van der Waals surface area contributed by atoms with Crippen LogP contribution in [0.4, 0.5) is 0 Å². The van der Waals surface area contributed by atoms with E-state index in [9.17, 15) is 0 Å². The Hall–Kier alpha value is -2.33. The lowest BCUT2D eigenvalue weighted by molar-refractivity contribution is 0.911. The monoisotopic (exact) mass is 250 g/mol. The number of hydrogen-bond donors (Lipinski definition) is 1. The molecule has 0 aliphatic heterocycles. The normalized spacial score (nSPS) is 10.8. The van der Waals surface area contributed by atoms with Gasteiger partial charge in [-0.25, -0.2) is 9.97 Å². The van der Waals surface area contributed by atoms with Gasteiger partial charge in [0.05, 0.1) is 0 Å². The third kappa shape index (κ3) is 2.30. The van der Waals surface area contributed by atoms with Gasteiger partial charge in [-0.05, 0) is 24.1 Å². The van der Waals surface area contributed by atoms with Crippen molar-refractivity contribution in [2.45, 2.75) is 6.42 Å². The molecular formula is C15H14N4. The molecule has 1 aromatic carbocycles. The first kappa shape index (κ1) is 11.7. The summed E-state index contributed by atoms with van der Waals surface area (Å²) in [5.74, 6) is 0.655. The Morgan fingerprint density at radius 2 is 1.79 bits per heavy atom. The molecule has 4 nitrogen and oxygen atoms in total. The van der Waals surface area contributed by atoms with Crippen molar-refractivity contribution in [3.63, 3.8) is 0 Å². The van der Waals surface area contributed by atoms with Gasteiger partial charge in [-0.15, -0.1) is 0 Å². The average molecular weight is 250 g/mol. The standard InChI is InChI=1S/C15H14N4/c16-8-5-12-7-10-18-15(19-12)14-13-4-2-1-3-11(13)6-9-17-14/h1-4,6-7,9-10H,5,8,16H2. The van der Waals surface area contributed by atoms with E-state index in [1.165, 1.54) is 0 Å². The fourth-order valence-electron chi connectivity index (χ4n) is 2.10. The number of rotatable bonds is 3. The summed E-state index contributed by atoms with van der Waals surface area (Å²) in [6, 6.07) is 12.0. The SMILES string of the molecule is NCCc1ccnc(-c2nccc3ccccc23)n1. The van der Waals surface area contributed by atoms with Gasteiger partial charge >= 0.3 is 0 Å². The Labute approximate surface area is 111 Å². The molecule has 0 saturated heterocycles. The minimum absolute atomic E-state index is 0.583. The van der Waals surface area contributed by atoms with Crippen molar-refractivity contribution in [3.05, 3.63) is 54.5 Å². The fourth-order valence-corrected chi connectivity index (χ4v) is 2.10. The van der Waals surface area contributed by atoms with E-state index in [1.54, 1.807) is 12.4 Å². The first-order chi connectivity index (χ1) is 9.38. The maximum Gasteiger partial charge on any atom is 0.178 e. The van der Waals surface area contributed by atoms with Crippen LogP contribution in [0.3, 0.4) is 0 Å². The van der Waals surface area contributed by atoms with Crippen LogP contribution in [0.5, 0.6) is 0 Å². The van der Waals surface area contributed by atoms with Crippen molar-refractivity contribution >= 4 is 10.8 Å². The molecule has 0 atom stereocenters. The number of nitrogens with zero attached hydrogens (tertiary/aromatic N) is 3. The summed E-state index contributed by atoms with van der Waals surface area (Å²) < 4.78 is 0. The molecule has 4 heteroatoms. The van der Waals surface area contributed by atoms with Crippen LogP contribution in [0.25, 0.3) is 22.3 Å². The van der Waals surface area contributed by atoms with Crippen LogP contribution < -0.4 is 5.73 Å². The highest BCUT2D eigenvalue weighted by atomic mass is 14.9. The third-order valence-electron chi connectivity index (χ3n) is 3.00. The van der Waals surface area contributed by atoms with Crippen LogP contribution in [0.1, 0.15) is 5.69 Å². The molecule has 2 heterocycles. The van der Waals surface area contributed by atoms with Crippen LogP contribution in [-0.4, -0.2) is 21.5 Å². The Kier molecular flexibility index (Phi) is 3.16. The molecule has 0 aliphatic carbocycles. The van der Waals surface area contributed by atoms with Crippen LogP contribution in [0.2, 0.25) is 0 Å². The minimum Gasteiger partial charge on any atom is -0.330 e. The highest BCUT2D eigenvalue weighted by molar-refractivity contribution is 5.92. The van der Waals surface area contributed by atoms with E-state index in [1.807, 2.05) is 30.3 Å². The van der Waals surface area contributed by atoms with Crippen LogP contribution in [0.15, 0.2) is 48.8 Å². The summed E-state index contributed by atoms with van der Waals surface area (Å²) in [5.41, 5.74) is 7.33. The Balaban J connectivity index is 2.16. The van der Waals surface area contributed by atoms with E-state index in [0.717, 1.165) is 28.6 Å². The smallest absolute Gasteiger partial charge is 0.178 e. The zero-order valence-electron chi connectivity index (χ0n) is 10.5. The van der Waals surface area contributed by atoms with Gasteiger partial charge in [-0.2, -0.15) is 0 Å². The lowest BCUT2D eigenvalue weighted by atomic mass is 10.1. The molecule has 0 radical (unpaired) electrons. The van der Waals surface area contributed by atoms with Crippen molar-refractivity contribution in [2.24, 2.45) is 5.73 Å². The first-order valence-corrected chi connectivity index (χ1v) is 6.24. The van der Waals surface area contributed by atoms with Gasteiger partial charge < -0.3 is 5.73 Å². The predicted octanol–water partition coefficient (Wildman–Crippen LogP) is 2.19. The summed E-state index contributed by atoms with van der Waals surface area (Å²) in [6.07, 6.45) is 4.30. The van der Waals surface area contributed by atoms with Gasteiger partial charge in [0.15, 0.2) is 5.82 Å². The molecule has 0 amide bonds. The molecular weight excluding hydrogens is 236 g/mol. The molecule has 3 aromatic rings. The molecule has 3 rings (SSSR count). The van der Waals surface area contributed by atoms with Crippen molar-refractivity contribution in [2.75, 3.05) is 6.54 Å². The third-order valence-corrected chi connectivity index (χ3v) is 3.00. The summed E-state index contributed by atoms with van der Waals surface area (Å²) in [6.45, 7) is 0.583. The van der Waals surface area contributed by atoms with E-state index in [4.69, 9.17) is 5.73 Å². The van der Waals surface area contributed by atoms with Gasteiger partial charge in [-0.3, -0.25) is 4.98 Å². The fraction of sp³-hybridized carbons (Fsp3) is 0.133. The number of hydrogen-bond acceptors (Lipinski definition) is 4. The summed E-state index contributed by atoms with van der Waals surface area (Å²) in [4.78, 5) is 13.3. The lowest BCUT2D eigenvalue weighted by Gasteiger charge is -2.05. The van der Waals surface area contributed by atoms with Gasteiger partial charge in [0.2, 0.25) is 0 Å². The molecule has 2 N–H and O–H groups in total. The van der Waals surface area contributed by atoms with Crippen molar-refractivity contribution in [3.8, 4) is 11.5 Å². The van der Waals surface area contributed by atoms with Crippen LogP contribution in [-0.2, 0) is 6.42 Å². The van der Waals surface area contributed by atoms with E-state index < -0.39 is 0 Å². The summed E-state index contributed by atoms with van der Waals surface area (Å²) in [5, 5.41) is 2.20. The first-order valence-electron chi connectivity index (χ1n) is 6.24. The number of benzene rings is 1. The largest absolute Gasteiger partial charge is 0.330 e. The molecule has 19 heavy (non-hydrogen) atoms. The molecule has 0 saturated carbocycles. The second-order valence-electron chi connectivity index (χ2n) is 4.29. The van der Waals surface area contributed by atoms with E-state index >= 15 is 0 Å². The van der Waals surface area contributed by atoms with Gasteiger partial charge in [-0.1, -0.05) is 24.3 Å². The second kappa shape index (κ2) is 5.12. The van der Waals surface area contributed by atoms with E-state index in [0.29, 0.717) is 12.4 Å². The number of aromatic nitrogens is 3. The highest BCUT2D eigenvalue weighted by Gasteiger charge is 2.08. The minimum atomic E-state index is 0.583. The maximum atomic E-state index is 5.56. The van der Waals surface area contributed by atoms with E-state index in [-0.39, 0.29) is 0 Å². The Morgan fingerprint density at radius 1 is 0.947 bits per heavy atom. The Morgan fingerprint density at radius 3 is 2.68 bits per heavy atom. The zero-order chi connectivity index (χ0) is 13.1. The van der Waals surface area contributed by atoms with Gasteiger partial charge in [0, 0.05) is 29.9 Å². The molecule has 0 bridgehead atoms. The van der Waals surface area contributed by atoms with Gasteiger partial charge in [0.25, 0.3) is 0 Å². The number of pyridine rings is 1. The average Bonchev–Trinajstić information content (AvgIpc) is 2.47. The van der Waals surface area contributed by atoms with E-state index in [2.05, 4.69) is 21.0 Å². The predicted molar refractivity (Wildman–Crippen MR) is 75.5 cm³/mol. The van der Waals surface area contributed by atoms with Crippen molar-refractivity contribution < 1.29 is 0 Å². The number of fused-ring (bicyclic) bond motifs is 1. The van der Waals surface area contributed by atoms with Crippen molar-refractivity contribution in [1.29, 1.82) is 0 Å². The molecule has 0 spiro atoms. The second-order valence-corrected chi connectivity index (χ2v) is 4.29. The molecule has 0 fully saturated rings. The van der Waals surface area contributed by atoms with Crippen molar-refractivity contribution in [1.82, 2.24) is 15.0 Å². The molecule has 94 valence electrons. The quantitative estimate of drug-likeness (QED) is 0.774. The summed E-state index contributed by atoms with van der Waals surface area (Å²) in [7, 11) is 0. The highest BCUT2D eigenvalue weighted by Crippen LogP contribution is 2.23. The number of nitrogens with two attached hydrogens (primary N) is 1. The lowest BCUT2D eigenvalue weighted by Crippen LogP contribution is -2.05. The molecule has 0 aliphatic rings. The Bertz CT molecular complexity index is 704. The zero-order valence-corrected chi connectivity index (χ0v) is 10.5. The molecule has 2 aromatic heterocycles. The van der Waals surface area contributed by atoms with Gasteiger partial charge in [0.1, 0.15) is 5.69 Å². The maximum absolute atomic E-state index is 5.56. The van der Waals surface area contributed by atoms with Crippen LogP contribution in [0, 0.1) is 0 Å². The summed E-state index contributed by atoms with van der Waals surface area (Å²) >= 11 is 0. The van der Waals surface area contributed by atoms with Crippen LogP contribution >= 0.6 is 0 Å². The molecule has 0 unspecified atom stereocenters. The topological polar surface area (TPSA) is 64.7 Å².